The number of nitrogens with zero attached hydrogens (tertiary/aromatic N) is 6. The third-order valence-electron chi connectivity index (χ3n) is 4.72. The summed E-state index contributed by atoms with van der Waals surface area (Å²) in [4.78, 5) is 23.7. The molecule has 0 radical (unpaired) electrons. The highest BCUT2D eigenvalue weighted by Gasteiger charge is 2.33. The van der Waals surface area contributed by atoms with E-state index in [1.54, 1.807) is 35.3 Å². The molecule has 0 aliphatic rings. The van der Waals surface area contributed by atoms with Crippen LogP contribution in [0.25, 0.3) is 10.9 Å². The number of amides is 1. The lowest BCUT2D eigenvalue weighted by molar-refractivity contribution is -0.139. The minimum atomic E-state index is -3.60. The lowest BCUT2D eigenvalue weighted by Gasteiger charge is -2.19. The topological polar surface area (TPSA) is 120 Å². The van der Waals surface area contributed by atoms with Crippen molar-refractivity contribution in [3.63, 3.8) is 0 Å². The number of methoxy groups -OCH3 is 1. The molecule has 4 aromatic rings. The molecule has 0 aliphatic heterocycles. The number of alkyl halides is 2. The van der Waals surface area contributed by atoms with Crippen molar-refractivity contribution in [3.05, 3.63) is 54.7 Å². The van der Waals surface area contributed by atoms with E-state index in [9.17, 15) is 13.6 Å². The van der Waals surface area contributed by atoms with E-state index in [1.165, 1.54) is 32.6 Å². The molecule has 1 atom stereocenters. The smallest absolute Gasteiger partial charge is 0.324 e. The predicted octanol–water partition coefficient (Wildman–Crippen LogP) is 3.58. The summed E-state index contributed by atoms with van der Waals surface area (Å²) in [5, 5.41) is 11.6. The Morgan fingerprint density at radius 3 is 2.58 bits per heavy atom. The van der Waals surface area contributed by atoms with Gasteiger partial charge < -0.3 is 9.47 Å². The van der Waals surface area contributed by atoms with Crippen LogP contribution in [0.3, 0.4) is 0 Å². The second-order valence-corrected chi connectivity index (χ2v) is 7.20. The van der Waals surface area contributed by atoms with Crippen LogP contribution < -0.4 is 9.47 Å². The molecule has 0 saturated carbocycles. The highest BCUT2D eigenvalue weighted by molar-refractivity contribution is 6.00. The first-order valence-corrected chi connectivity index (χ1v) is 9.73. The van der Waals surface area contributed by atoms with Gasteiger partial charge in [0.25, 0.3) is 0 Å². The number of H-pyrrole nitrogens is 1. The van der Waals surface area contributed by atoms with Gasteiger partial charge in [-0.2, -0.15) is 19.0 Å². The summed E-state index contributed by atoms with van der Waals surface area (Å²) in [6.07, 6.45) is 7.67. The highest BCUT2D eigenvalue weighted by Crippen LogP contribution is 2.29. The summed E-state index contributed by atoms with van der Waals surface area (Å²) >= 11 is 0. The van der Waals surface area contributed by atoms with Crippen molar-refractivity contribution in [2.75, 3.05) is 7.11 Å². The Hall–Kier alpha value is -4.22. The number of hydrogen-bond acceptors (Lipinski definition) is 7. The zero-order chi connectivity index (χ0) is 23.6. The van der Waals surface area contributed by atoms with Crippen LogP contribution in [-0.4, -0.2) is 54.6 Å². The minimum absolute atomic E-state index is 0.0963. The molecule has 4 rings (SSSR count). The Morgan fingerprint density at radius 1 is 1.18 bits per heavy atom. The molecule has 0 bridgehead atoms. The maximum absolute atomic E-state index is 13.5. The van der Waals surface area contributed by atoms with Crippen molar-refractivity contribution in [2.24, 2.45) is 4.99 Å². The van der Waals surface area contributed by atoms with Crippen LogP contribution in [-0.2, 0) is 4.79 Å². The van der Waals surface area contributed by atoms with Crippen molar-refractivity contribution in [2.45, 2.75) is 25.8 Å². The molecule has 3 heterocycles. The molecule has 10 nitrogen and oxygen atoms in total. The highest BCUT2D eigenvalue weighted by atomic mass is 19.3. The van der Waals surface area contributed by atoms with E-state index in [0.29, 0.717) is 29.5 Å². The number of ether oxygens (including phenoxy) is 2. The maximum Gasteiger partial charge on any atom is 0.324 e. The van der Waals surface area contributed by atoms with Crippen LogP contribution >= 0.6 is 0 Å². The Balaban J connectivity index is 1.77. The first kappa shape index (κ1) is 22.0. The van der Waals surface area contributed by atoms with Crippen molar-refractivity contribution < 1.29 is 23.0 Å². The monoisotopic (exact) mass is 455 g/mol. The summed E-state index contributed by atoms with van der Waals surface area (Å²) in [5.74, 6) is -4.06. The van der Waals surface area contributed by atoms with E-state index in [-0.39, 0.29) is 11.7 Å². The number of aromatic nitrogens is 6. The number of nitrogens with one attached hydrogen (secondary N) is 1. The van der Waals surface area contributed by atoms with Crippen LogP contribution in [0.4, 0.5) is 8.78 Å². The van der Waals surface area contributed by atoms with Gasteiger partial charge in [0.1, 0.15) is 11.8 Å². The number of carbonyl (C=O) groups excluding carboxylic acids is 1. The molecule has 1 aromatic carbocycles. The van der Waals surface area contributed by atoms with Crippen molar-refractivity contribution in [1.29, 1.82) is 0 Å². The zero-order valence-electron chi connectivity index (χ0n) is 17.9. The number of aliphatic imine (C=N–C) groups is 1. The number of carbonyl (C=O) groups is 1. The third kappa shape index (κ3) is 4.68. The third-order valence-corrected chi connectivity index (χ3v) is 4.72. The number of fused-ring (bicyclic) bond motifs is 1. The fraction of sp³-hybridized carbons (Fsp3) is 0.238. The number of rotatable bonds is 7. The van der Waals surface area contributed by atoms with E-state index in [4.69, 9.17) is 9.47 Å². The number of halogens is 2. The Bertz CT molecular complexity index is 1300. The molecule has 0 aliphatic carbocycles. The first-order valence-electron chi connectivity index (χ1n) is 9.73. The van der Waals surface area contributed by atoms with Crippen LogP contribution in [0.2, 0.25) is 0 Å². The Kier molecular flexibility index (Phi) is 5.82. The van der Waals surface area contributed by atoms with E-state index in [1.807, 2.05) is 0 Å². The van der Waals surface area contributed by atoms with Crippen molar-refractivity contribution in [1.82, 2.24) is 29.9 Å². The zero-order valence-corrected chi connectivity index (χ0v) is 17.9. The Morgan fingerprint density at radius 2 is 1.94 bits per heavy atom. The number of hydrogen-bond donors (Lipinski definition) is 1. The van der Waals surface area contributed by atoms with Crippen LogP contribution in [0.5, 0.6) is 17.5 Å². The normalized spacial score (nSPS) is 13.2. The van der Waals surface area contributed by atoms with Gasteiger partial charge in [-0.25, -0.2) is 15.0 Å². The van der Waals surface area contributed by atoms with Gasteiger partial charge in [0.05, 0.1) is 31.2 Å². The SMILES string of the molecule is COc1ncc([C@H](C(C)=NC(=O)C(C)(F)F)n2ncc3cc(Oc4cn[nH]c4)ccc32)cn1. The second-order valence-electron chi connectivity index (χ2n) is 7.20. The lowest BCUT2D eigenvalue weighted by atomic mass is 10.1. The largest absolute Gasteiger partial charge is 0.467 e. The van der Waals surface area contributed by atoms with E-state index >= 15 is 0 Å². The van der Waals surface area contributed by atoms with E-state index in [0.717, 1.165) is 5.39 Å². The summed E-state index contributed by atoms with van der Waals surface area (Å²) in [7, 11) is 1.42. The predicted molar refractivity (Wildman–Crippen MR) is 114 cm³/mol. The molecule has 0 saturated heterocycles. The standard InChI is InChI=1S/C21H19F2N7O3/c1-12(29-19(31)21(2,22)23)18(14-7-24-20(32-3)25-8-14)30-17-5-4-15(6-13(17)9-28-30)33-16-10-26-27-11-16/h4-11,18H,1-3H3,(H,26,27)/t18-/m0/s1. The fourth-order valence-electron chi connectivity index (χ4n) is 3.18. The molecule has 0 fully saturated rings. The van der Waals surface area contributed by atoms with E-state index in [2.05, 4.69) is 30.3 Å². The second kappa shape index (κ2) is 8.73. The van der Waals surface area contributed by atoms with E-state index < -0.39 is 17.9 Å². The van der Waals surface area contributed by atoms with Crippen LogP contribution in [0.1, 0.15) is 25.5 Å². The molecule has 0 unspecified atom stereocenters. The van der Waals surface area contributed by atoms with Gasteiger partial charge in [0.2, 0.25) is 0 Å². The number of benzene rings is 1. The lowest BCUT2D eigenvalue weighted by Crippen LogP contribution is -2.27. The molecular weight excluding hydrogens is 436 g/mol. The summed E-state index contributed by atoms with van der Waals surface area (Å²) in [5.41, 5.74) is 1.23. The summed E-state index contributed by atoms with van der Waals surface area (Å²) in [6, 6.07) is 4.58. The fourth-order valence-corrected chi connectivity index (χ4v) is 3.18. The van der Waals surface area contributed by atoms with Crippen molar-refractivity contribution in [3.8, 4) is 17.5 Å². The first-order chi connectivity index (χ1) is 15.8. The molecule has 3 aromatic heterocycles. The number of aromatic amines is 1. The summed E-state index contributed by atoms with van der Waals surface area (Å²) in [6.45, 7) is 1.98. The molecule has 12 heteroatoms. The molecular formula is C21H19F2N7O3. The van der Waals surface area contributed by atoms with Gasteiger partial charge in [0, 0.05) is 36.0 Å². The van der Waals surface area contributed by atoms with Crippen molar-refractivity contribution >= 4 is 22.5 Å². The molecule has 33 heavy (non-hydrogen) atoms. The average molecular weight is 455 g/mol. The maximum atomic E-state index is 13.5. The molecule has 170 valence electrons. The Labute approximate surface area is 186 Å². The van der Waals surface area contributed by atoms with Crippen LogP contribution in [0.15, 0.2) is 54.2 Å². The molecule has 0 spiro atoms. The van der Waals surface area contributed by atoms with Gasteiger partial charge in [-0.05, 0) is 25.1 Å². The summed E-state index contributed by atoms with van der Waals surface area (Å²) < 4.78 is 39.3. The van der Waals surface area contributed by atoms with Gasteiger partial charge in [-0.3, -0.25) is 14.6 Å². The van der Waals surface area contributed by atoms with Gasteiger partial charge >= 0.3 is 17.8 Å². The van der Waals surface area contributed by atoms with Gasteiger partial charge in [0.15, 0.2) is 5.75 Å². The average Bonchev–Trinajstić information content (AvgIpc) is 3.44. The van der Waals surface area contributed by atoms with Gasteiger partial charge in [-0.1, -0.05) is 0 Å². The van der Waals surface area contributed by atoms with Gasteiger partial charge in [-0.15, -0.1) is 0 Å². The quantitative estimate of drug-likeness (QED) is 0.423. The molecule has 1 N–H and O–H groups in total. The van der Waals surface area contributed by atoms with Crippen LogP contribution in [0, 0.1) is 0 Å². The minimum Gasteiger partial charge on any atom is -0.467 e. The molecule has 1 amide bonds.